The topological polar surface area (TPSA) is 91.7 Å². The number of allylic oxidation sites excluding steroid dienone is 2. The summed E-state index contributed by atoms with van der Waals surface area (Å²) in [6.45, 7) is 5.78. The standard InChI is InChI=1S/C18H17BrN4O2S/c1-4-25-17(24)14-10(3)22-18-23(16(21)13(8-20)26-18)15(14)11-6-5-9(2)12(19)7-11/h5-7,15H,4,21H2,1-3H3/t15-/m1/s1. The molecule has 2 aliphatic heterocycles. The summed E-state index contributed by atoms with van der Waals surface area (Å²) < 4.78 is 6.19. The first-order valence-electron chi connectivity index (χ1n) is 7.98. The van der Waals surface area contributed by atoms with Gasteiger partial charge >= 0.3 is 5.97 Å². The van der Waals surface area contributed by atoms with Gasteiger partial charge in [-0.3, -0.25) is 4.90 Å². The fourth-order valence-corrected chi connectivity index (χ4v) is 4.22. The molecule has 0 unspecified atom stereocenters. The number of nitrogens with two attached hydrogens (primary N) is 1. The lowest BCUT2D eigenvalue weighted by Crippen LogP contribution is -2.38. The van der Waals surface area contributed by atoms with E-state index in [1.54, 1.807) is 18.7 Å². The van der Waals surface area contributed by atoms with Crippen LogP contribution >= 0.6 is 27.7 Å². The van der Waals surface area contributed by atoms with Crippen LogP contribution in [0.1, 0.15) is 31.0 Å². The summed E-state index contributed by atoms with van der Waals surface area (Å²) in [4.78, 5) is 19.3. The Morgan fingerprint density at radius 1 is 1.50 bits per heavy atom. The number of halogens is 1. The summed E-state index contributed by atoms with van der Waals surface area (Å²) in [7, 11) is 0. The Hall–Kier alpha value is -2.24. The number of carbonyl (C=O) groups excluding carboxylic acids is 1. The van der Waals surface area contributed by atoms with Crippen LogP contribution in [0, 0.1) is 18.3 Å². The van der Waals surface area contributed by atoms with Crippen molar-refractivity contribution in [3.05, 3.63) is 55.8 Å². The van der Waals surface area contributed by atoms with Gasteiger partial charge in [0.05, 0.1) is 23.9 Å². The van der Waals surface area contributed by atoms with Crippen LogP contribution in [0.25, 0.3) is 0 Å². The van der Waals surface area contributed by atoms with Crippen LogP contribution in [-0.4, -0.2) is 22.6 Å². The minimum atomic E-state index is -0.503. The van der Waals surface area contributed by atoms with Gasteiger partial charge in [0.25, 0.3) is 0 Å². The lowest BCUT2D eigenvalue weighted by Gasteiger charge is -2.35. The monoisotopic (exact) mass is 432 g/mol. The zero-order valence-electron chi connectivity index (χ0n) is 14.5. The molecule has 0 saturated heterocycles. The number of rotatable bonds is 3. The van der Waals surface area contributed by atoms with Gasteiger partial charge in [-0.25, -0.2) is 9.79 Å². The molecule has 0 amide bonds. The number of aliphatic imine (C=N–C) groups is 1. The fraction of sp³-hybridized carbons (Fsp3) is 0.278. The van der Waals surface area contributed by atoms with E-state index in [0.29, 0.717) is 27.2 Å². The summed E-state index contributed by atoms with van der Waals surface area (Å²) in [5.41, 5.74) is 9.15. The van der Waals surface area contributed by atoms with Crippen molar-refractivity contribution >= 4 is 38.8 Å². The number of carbonyl (C=O) groups is 1. The normalized spacial score (nSPS) is 19.3. The molecule has 0 spiro atoms. The van der Waals surface area contributed by atoms with Crippen LogP contribution in [0.4, 0.5) is 0 Å². The van der Waals surface area contributed by atoms with E-state index in [9.17, 15) is 10.1 Å². The maximum absolute atomic E-state index is 12.7. The number of benzene rings is 1. The molecule has 0 aromatic heterocycles. The first kappa shape index (κ1) is 18.5. The van der Waals surface area contributed by atoms with Gasteiger partial charge in [-0.1, -0.05) is 28.1 Å². The highest BCUT2D eigenvalue weighted by Gasteiger charge is 2.42. The van der Waals surface area contributed by atoms with Gasteiger partial charge in [0, 0.05) is 4.47 Å². The summed E-state index contributed by atoms with van der Waals surface area (Å²) in [6, 6.07) is 7.47. The van der Waals surface area contributed by atoms with E-state index >= 15 is 0 Å². The lowest BCUT2D eigenvalue weighted by atomic mass is 9.94. The predicted octanol–water partition coefficient (Wildman–Crippen LogP) is 3.71. The van der Waals surface area contributed by atoms with Crippen molar-refractivity contribution in [2.75, 3.05) is 6.61 Å². The molecule has 0 radical (unpaired) electrons. The number of aryl methyl sites for hydroxylation is 1. The number of nitrogens with zero attached hydrogens (tertiary/aromatic N) is 3. The quantitative estimate of drug-likeness (QED) is 0.731. The number of amidine groups is 1. The van der Waals surface area contributed by atoms with E-state index in [-0.39, 0.29) is 6.61 Å². The summed E-state index contributed by atoms with van der Waals surface area (Å²) in [5, 5.41) is 9.93. The zero-order valence-corrected chi connectivity index (χ0v) is 16.9. The van der Waals surface area contributed by atoms with Gasteiger partial charge in [-0.05, 0) is 49.7 Å². The predicted molar refractivity (Wildman–Crippen MR) is 105 cm³/mol. The molecule has 2 aliphatic rings. The molecular weight excluding hydrogens is 416 g/mol. The van der Waals surface area contributed by atoms with Gasteiger partial charge < -0.3 is 10.5 Å². The van der Waals surface area contributed by atoms with E-state index < -0.39 is 12.0 Å². The second-order valence-corrected chi connectivity index (χ2v) is 7.66. The summed E-state index contributed by atoms with van der Waals surface area (Å²) in [5.74, 6) is -0.134. The molecule has 1 aromatic rings. The van der Waals surface area contributed by atoms with E-state index in [2.05, 4.69) is 27.0 Å². The Bertz CT molecular complexity index is 930. The van der Waals surface area contributed by atoms with Crippen LogP contribution in [0.5, 0.6) is 0 Å². The van der Waals surface area contributed by atoms with Crippen molar-refractivity contribution in [1.29, 1.82) is 5.26 Å². The second kappa shape index (κ2) is 7.17. The maximum Gasteiger partial charge on any atom is 0.338 e. The van der Waals surface area contributed by atoms with Crippen molar-refractivity contribution in [1.82, 2.24) is 4.90 Å². The molecule has 0 bridgehead atoms. The molecular formula is C18H17BrN4O2S. The first-order valence-corrected chi connectivity index (χ1v) is 9.59. The second-order valence-electron chi connectivity index (χ2n) is 5.82. The number of ether oxygens (including phenoxy) is 1. The molecule has 1 atom stereocenters. The number of nitriles is 1. The molecule has 2 heterocycles. The molecule has 8 heteroatoms. The Morgan fingerprint density at radius 2 is 2.23 bits per heavy atom. The van der Waals surface area contributed by atoms with Crippen LogP contribution in [0.3, 0.4) is 0 Å². The first-order chi connectivity index (χ1) is 12.4. The van der Waals surface area contributed by atoms with Crippen LogP contribution in [-0.2, 0) is 9.53 Å². The van der Waals surface area contributed by atoms with Crippen molar-refractivity contribution in [2.24, 2.45) is 10.7 Å². The van der Waals surface area contributed by atoms with Crippen molar-refractivity contribution in [3.63, 3.8) is 0 Å². The van der Waals surface area contributed by atoms with Gasteiger partial charge in [0.1, 0.15) is 16.8 Å². The van der Waals surface area contributed by atoms with Crippen molar-refractivity contribution < 1.29 is 9.53 Å². The van der Waals surface area contributed by atoms with E-state index in [4.69, 9.17) is 10.5 Å². The van der Waals surface area contributed by atoms with Gasteiger partial charge in [0.2, 0.25) is 0 Å². The third-order valence-corrected chi connectivity index (χ3v) is 6.01. The molecule has 0 fully saturated rings. The number of hydrogen-bond acceptors (Lipinski definition) is 7. The van der Waals surface area contributed by atoms with Gasteiger partial charge in [-0.2, -0.15) is 5.26 Å². The Labute approximate surface area is 164 Å². The van der Waals surface area contributed by atoms with E-state index in [0.717, 1.165) is 15.6 Å². The molecule has 6 nitrogen and oxygen atoms in total. The molecule has 134 valence electrons. The SMILES string of the molecule is CCOC(=O)C1=C(C)N=C2SC(C#N)=C(N)N2[C@@H]1c1ccc(C)c(Br)c1. The number of thioether (sulfide) groups is 1. The molecule has 3 rings (SSSR count). The number of esters is 1. The Balaban J connectivity index is 2.21. The molecule has 1 aromatic carbocycles. The van der Waals surface area contributed by atoms with Crippen LogP contribution in [0.2, 0.25) is 0 Å². The van der Waals surface area contributed by atoms with Gasteiger partial charge in [0.15, 0.2) is 5.17 Å². The average Bonchev–Trinajstić information content (AvgIpc) is 2.92. The lowest BCUT2D eigenvalue weighted by molar-refractivity contribution is -0.139. The zero-order chi connectivity index (χ0) is 19.0. The van der Waals surface area contributed by atoms with Crippen molar-refractivity contribution in [3.8, 4) is 6.07 Å². The maximum atomic E-state index is 12.7. The highest BCUT2D eigenvalue weighted by atomic mass is 79.9. The van der Waals surface area contributed by atoms with E-state index in [1.165, 1.54) is 11.8 Å². The third kappa shape index (κ3) is 3.02. The summed E-state index contributed by atoms with van der Waals surface area (Å²) in [6.07, 6.45) is 0. The van der Waals surface area contributed by atoms with Crippen LogP contribution in [0.15, 0.2) is 49.7 Å². The third-order valence-electron chi connectivity index (χ3n) is 4.18. The molecule has 0 saturated carbocycles. The average molecular weight is 433 g/mol. The smallest absolute Gasteiger partial charge is 0.338 e. The van der Waals surface area contributed by atoms with Gasteiger partial charge in [-0.15, -0.1) is 0 Å². The minimum Gasteiger partial charge on any atom is -0.463 e. The highest BCUT2D eigenvalue weighted by Crippen LogP contribution is 2.45. The fourth-order valence-electron chi connectivity index (χ4n) is 2.91. The Morgan fingerprint density at radius 3 is 2.85 bits per heavy atom. The summed E-state index contributed by atoms with van der Waals surface area (Å²) >= 11 is 4.76. The van der Waals surface area contributed by atoms with Crippen LogP contribution < -0.4 is 5.73 Å². The largest absolute Gasteiger partial charge is 0.463 e. The Kier molecular flexibility index (Phi) is 5.12. The molecule has 26 heavy (non-hydrogen) atoms. The molecule has 0 aliphatic carbocycles. The minimum absolute atomic E-state index is 0.264. The number of hydrogen-bond donors (Lipinski definition) is 1. The van der Waals surface area contributed by atoms with E-state index in [1.807, 2.05) is 25.1 Å². The van der Waals surface area contributed by atoms with Crippen molar-refractivity contribution in [2.45, 2.75) is 26.8 Å². The molecule has 2 N–H and O–H groups in total. The number of fused-ring (bicyclic) bond motifs is 1. The highest BCUT2D eigenvalue weighted by molar-refractivity contribution is 9.10.